The lowest BCUT2D eigenvalue weighted by Gasteiger charge is -2.13. The highest BCUT2D eigenvalue weighted by atomic mass is 32.1. The molecule has 0 saturated carbocycles. The molecular weight excluding hydrogens is 416 g/mol. The number of hydrogen-bond donors (Lipinski definition) is 2. The Labute approximate surface area is 184 Å². The zero-order valence-corrected chi connectivity index (χ0v) is 18.1. The van der Waals surface area contributed by atoms with Crippen LogP contribution in [0, 0.1) is 0 Å². The van der Waals surface area contributed by atoms with Gasteiger partial charge in [0.05, 0.1) is 21.3 Å². The molecule has 0 spiro atoms. The first-order valence-electron chi connectivity index (χ1n) is 9.28. The van der Waals surface area contributed by atoms with Crippen molar-refractivity contribution in [1.29, 1.82) is 0 Å². The number of nitrogens with one attached hydrogen (secondary N) is 2. The van der Waals surface area contributed by atoms with E-state index < -0.39 is 11.8 Å². The van der Waals surface area contributed by atoms with Crippen molar-refractivity contribution >= 4 is 34.9 Å². The second-order valence-corrected chi connectivity index (χ2v) is 7.26. The summed E-state index contributed by atoms with van der Waals surface area (Å²) in [4.78, 5) is 26.6. The third kappa shape index (κ3) is 5.64. The molecule has 160 valence electrons. The van der Waals surface area contributed by atoms with E-state index >= 15 is 0 Å². The van der Waals surface area contributed by atoms with Crippen molar-refractivity contribution in [3.63, 3.8) is 0 Å². The lowest BCUT2D eigenvalue weighted by atomic mass is 10.1. The van der Waals surface area contributed by atoms with Crippen LogP contribution in [-0.2, 0) is 4.79 Å². The lowest BCUT2D eigenvalue weighted by Crippen LogP contribution is -2.30. The monoisotopic (exact) mass is 438 g/mol. The Morgan fingerprint density at radius 1 is 0.903 bits per heavy atom. The van der Waals surface area contributed by atoms with E-state index in [9.17, 15) is 9.59 Å². The van der Waals surface area contributed by atoms with Crippen LogP contribution in [0.3, 0.4) is 0 Å². The molecule has 0 atom stereocenters. The predicted molar refractivity (Wildman–Crippen MR) is 121 cm³/mol. The minimum absolute atomic E-state index is 0.102. The van der Waals surface area contributed by atoms with E-state index in [4.69, 9.17) is 14.2 Å². The number of anilines is 1. The van der Waals surface area contributed by atoms with E-state index in [2.05, 4.69) is 10.6 Å². The van der Waals surface area contributed by atoms with Crippen LogP contribution in [0.25, 0.3) is 6.08 Å². The summed E-state index contributed by atoms with van der Waals surface area (Å²) in [5.74, 6) is 0.611. The second-order valence-electron chi connectivity index (χ2n) is 6.28. The molecule has 8 heteroatoms. The zero-order valence-electron chi connectivity index (χ0n) is 17.3. The van der Waals surface area contributed by atoms with Crippen LogP contribution in [0.1, 0.15) is 15.2 Å². The molecule has 2 N–H and O–H groups in total. The Morgan fingerprint density at radius 2 is 1.71 bits per heavy atom. The second kappa shape index (κ2) is 10.3. The maximum atomic E-state index is 13.0. The third-order valence-corrected chi connectivity index (χ3v) is 5.12. The molecule has 0 fully saturated rings. The number of methoxy groups -OCH3 is 3. The molecule has 3 aromatic rings. The maximum Gasteiger partial charge on any atom is 0.272 e. The molecule has 0 aliphatic carbocycles. The van der Waals surface area contributed by atoms with Crippen LogP contribution in [0.4, 0.5) is 5.69 Å². The zero-order chi connectivity index (χ0) is 22.2. The number of carbonyl (C=O) groups excluding carboxylic acids is 2. The van der Waals surface area contributed by atoms with Gasteiger partial charge in [0, 0.05) is 22.2 Å². The van der Waals surface area contributed by atoms with Gasteiger partial charge in [-0.25, -0.2) is 0 Å². The molecule has 0 aliphatic heterocycles. The lowest BCUT2D eigenvalue weighted by molar-refractivity contribution is -0.113. The topological polar surface area (TPSA) is 85.9 Å². The Morgan fingerprint density at radius 3 is 2.39 bits per heavy atom. The molecule has 31 heavy (non-hydrogen) atoms. The Balaban J connectivity index is 1.85. The molecule has 0 radical (unpaired) electrons. The van der Waals surface area contributed by atoms with Crippen LogP contribution in [0.2, 0.25) is 0 Å². The van der Waals surface area contributed by atoms with Gasteiger partial charge in [-0.1, -0.05) is 12.1 Å². The van der Waals surface area contributed by atoms with Gasteiger partial charge in [0.2, 0.25) is 0 Å². The molecule has 2 amide bonds. The van der Waals surface area contributed by atoms with E-state index in [0.29, 0.717) is 28.5 Å². The van der Waals surface area contributed by atoms with E-state index in [1.807, 2.05) is 17.5 Å². The van der Waals surface area contributed by atoms with Gasteiger partial charge in [-0.05, 0) is 47.9 Å². The van der Waals surface area contributed by atoms with Crippen LogP contribution in [0.15, 0.2) is 65.7 Å². The van der Waals surface area contributed by atoms with Crippen LogP contribution < -0.4 is 24.8 Å². The van der Waals surface area contributed by atoms with Crippen molar-refractivity contribution in [2.24, 2.45) is 0 Å². The number of hydrogen-bond acceptors (Lipinski definition) is 6. The van der Waals surface area contributed by atoms with Crippen molar-refractivity contribution in [2.75, 3.05) is 26.6 Å². The SMILES string of the molecule is COc1cccc(NC(=O)/C(=C/c2cccs2)NC(=O)c2ccc(OC)c(OC)c2)c1. The summed E-state index contributed by atoms with van der Waals surface area (Å²) in [6.07, 6.45) is 1.62. The highest BCUT2D eigenvalue weighted by Crippen LogP contribution is 2.27. The van der Waals surface area contributed by atoms with Crippen molar-refractivity contribution in [3.05, 3.63) is 76.1 Å². The first kappa shape index (κ1) is 21.9. The molecule has 3 rings (SSSR count). The standard InChI is InChI=1S/C23H22N2O5S/c1-28-17-7-4-6-16(13-17)24-23(27)19(14-18-8-5-11-31-18)25-22(26)15-9-10-20(29-2)21(12-15)30-3/h4-14H,1-3H3,(H,24,27)(H,25,26)/b19-14-. The number of benzene rings is 2. The summed E-state index contributed by atoms with van der Waals surface area (Å²) in [5.41, 5.74) is 0.968. The van der Waals surface area contributed by atoms with Gasteiger partial charge in [-0.3, -0.25) is 9.59 Å². The molecule has 1 aromatic heterocycles. The van der Waals surface area contributed by atoms with Gasteiger partial charge < -0.3 is 24.8 Å². The summed E-state index contributed by atoms with van der Waals surface area (Å²) >= 11 is 1.45. The number of amides is 2. The Kier molecular flexibility index (Phi) is 7.29. The van der Waals surface area contributed by atoms with Crippen molar-refractivity contribution in [3.8, 4) is 17.2 Å². The van der Waals surface area contributed by atoms with Gasteiger partial charge in [0.1, 0.15) is 11.4 Å². The van der Waals surface area contributed by atoms with Crippen molar-refractivity contribution in [2.45, 2.75) is 0 Å². The van der Waals surface area contributed by atoms with Crippen molar-refractivity contribution < 1.29 is 23.8 Å². The van der Waals surface area contributed by atoms with Gasteiger partial charge in [-0.2, -0.15) is 0 Å². The highest BCUT2D eigenvalue weighted by Gasteiger charge is 2.17. The van der Waals surface area contributed by atoms with Crippen molar-refractivity contribution in [1.82, 2.24) is 5.32 Å². The van der Waals surface area contributed by atoms with Gasteiger partial charge >= 0.3 is 0 Å². The Bertz CT molecular complexity index is 1090. The smallest absolute Gasteiger partial charge is 0.272 e. The molecule has 0 saturated heterocycles. The molecular formula is C23H22N2O5S. The number of ether oxygens (including phenoxy) is 3. The van der Waals surface area contributed by atoms with Crippen LogP contribution >= 0.6 is 11.3 Å². The summed E-state index contributed by atoms with van der Waals surface area (Å²) in [7, 11) is 4.55. The fourth-order valence-corrected chi connectivity index (χ4v) is 3.40. The van der Waals surface area contributed by atoms with E-state index in [0.717, 1.165) is 4.88 Å². The largest absolute Gasteiger partial charge is 0.497 e. The van der Waals surface area contributed by atoms with E-state index in [1.54, 1.807) is 55.7 Å². The Hall–Kier alpha value is -3.78. The first-order chi connectivity index (χ1) is 15.0. The number of thiophene rings is 1. The molecule has 0 unspecified atom stereocenters. The van der Waals surface area contributed by atoms with Gasteiger partial charge in [-0.15, -0.1) is 11.3 Å². The number of rotatable bonds is 8. The fraction of sp³-hybridized carbons (Fsp3) is 0.130. The summed E-state index contributed by atoms with van der Waals surface area (Å²) in [6.45, 7) is 0. The molecule has 0 bridgehead atoms. The minimum Gasteiger partial charge on any atom is -0.497 e. The molecule has 2 aromatic carbocycles. The molecule has 0 aliphatic rings. The third-order valence-electron chi connectivity index (χ3n) is 4.30. The molecule has 1 heterocycles. The molecule has 7 nitrogen and oxygen atoms in total. The fourth-order valence-electron chi connectivity index (χ4n) is 2.75. The number of carbonyl (C=O) groups is 2. The quantitative estimate of drug-likeness (QED) is 0.515. The van der Waals surface area contributed by atoms with Gasteiger partial charge in [0.25, 0.3) is 11.8 Å². The van der Waals surface area contributed by atoms with E-state index in [1.165, 1.54) is 25.6 Å². The predicted octanol–water partition coefficient (Wildman–Crippen LogP) is 4.18. The average Bonchev–Trinajstić information content (AvgIpc) is 3.31. The minimum atomic E-state index is -0.463. The average molecular weight is 439 g/mol. The van der Waals surface area contributed by atoms with Crippen LogP contribution in [-0.4, -0.2) is 33.1 Å². The van der Waals surface area contributed by atoms with Crippen LogP contribution in [0.5, 0.6) is 17.2 Å². The van der Waals surface area contributed by atoms with Gasteiger partial charge in [0.15, 0.2) is 11.5 Å². The maximum absolute atomic E-state index is 13.0. The highest BCUT2D eigenvalue weighted by molar-refractivity contribution is 7.10. The summed E-state index contributed by atoms with van der Waals surface area (Å²) in [5, 5.41) is 7.37. The first-order valence-corrected chi connectivity index (χ1v) is 10.2. The van der Waals surface area contributed by atoms with E-state index in [-0.39, 0.29) is 5.70 Å². The normalized spacial score (nSPS) is 10.9. The summed E-state index contributed by atoms with van der Waals surface area (Å²) in [6, 6.07) is 15.5. The summed E-state index contributed by atoms with van der Waals surface area (Å²) < 4.78 is 15.7.